The second-order valence-electron chi connectivity index (χ2n) is 2.28. The maximum atomic E-state index is 10.9. The Morgan fingerprint density at radius 3 is 2.23 bits per heavy atom. The van der Waals surface area contributed by atoms with Gasteiger partial charge in [-0.3, -0.25) is 9.59 Å². The predicted octanol–water partition coefficient (Wildman–Crippen LogP) is -1.16. The normalized spacial score (nSPS) is 11.5. The first-order valence-corrected chi connectivity index (χ1v) is 3.42. The second-order valence-corrected chi connectivity index (χ2v) is 2.28. The number of carbonyl (C=O) groups excluding carboxylic acids is 1. The van der Waals surface area contributed by atoms with Gasteiger partial charge in [-0.05, 0) is 6.92 Å². The highest BCUT2D eigenvalue weighted by molar-refractivity contribution is 5.87. The van der Waals surface area contributed by atoms with Crippen LogP contribution in [0.4, 0.5) is 4.79 Å². The van der Waals surface area contributed by atoms with Crippen molar-refractivity contribution >= 4 is 18.0 Å². The maximum Gasteiger partial charge on any atom is 0.405 e. The van der Waals surface area contributed by atoms with Gasteiger partial charge in [0.2, 0.25) is 5.91 Å². The number of amides is 2. The SMILES string of the molecule is CC(NC(=O)O)C(=O)NCC(=O)O. The van der Waals surface area contributed by atoms with Gasteiger partial charge in [0, 0.05) is 0 Å². The molecule has 0 bridgehead atoms. The first kappa shape index (κ1) is 11.2. The van der Waals surface area contributed by atoms with Crippen molar-refractivity contribution in [3.05, 3.63) is 0 Å². The Morgan fingerprint density at radius 2 is 1.85 bits per heavy atom. The largest absolute Gasteiger partial charge is 0.480 e. The van der Waals surface area contributed by atoms with Crippen LogP contribution in [0.25, 0.3) is 0 Å². The quantitative estimate of drug-likeness (QED) is 0.446. The third kappa shape index (κ3) is 5.48. The smallest absolute Gasteiger partial charge is 0.405 e. The third-order valence-corrected chi connectivity index (χ3v) is 1.15. The predicted molar refractivity (Wildman–Crippen MR) is 41.3 cm³/mol. The minimum atomic E-state index is -1.34. The molecule has 1 atom stereocenters. The van der Waals surface area contributed by atoms with Crippen molar-refractivity contribution in [2.24, 2.45) is 0 Å². The summed E-state index contributed by atoms with van der Waals surface area (Å²) in [6.07, 6.45) is -1.34. The number of nitrogens with one attached hydrogen (secondary N) is 2. The molecule has 0 aromatic carbocycles. The highest BCUT2D eigenvalue weighted by Crippen LogP contribution is 1.81. The topological polar surface area (TPSA) is 116 Å². The molecule has 0 aliphatic carbocycles. The molecular weight excluding hydrogens is 180 g/mol. The van der Waals surface area contributed by atoms with Crippen molar-refractivity contribution < 1.29 is 24.6 Å². The number of aliphatic carboxylic acids is 1. The number of carbonyl (C=O) groups is 3. The molecule has 0 radical (unpaired) electrons. The molecule has 2 amide bonds. The van der Waals surface area contributed by atoms with Gasteiger partial charge in [0.05, 0.1) is 0 Å². The van der Waals surface area contributed by atoms with Gasteiger partial charge in [-0.2, -0.15) is 0 Å². The molecule has 0 spiro atoms. The van der Waals surface area contributed by atoms with E-state index in [0.29, 0.717) is 0 Å². The lowest BCUT2D eigenvalue weighted by atomic mass is 10.3. The van der Waals surface area contributed by atoms with E-state index in [1.807, 2.05) is 10.6 Å². The summed E-state index contributed by atoms with van der Waals surface area (Å²) in [5, 5.41) is 20.3. The summed E-state index contributed by atoms with van der Waals surface area (Å²) in [6.45, 7) is 0.787. The highest BCUT2D eigenvalue weighted by Gasteiger charge is 2.14. The van der Waals surface area contributed by atoms with Gasteiger partial charge in [0.1, 0.15) is 12.6 Å². The molecule has 13 heavy (non-hydrogen) atoms. The van der Waals surface area contributed by atoms with Gasteiger partial charge < -0.3 is 20.8 Å². The number of hydrogen-bond donors (Lipinski definition) is 4. The van der Waals surface area contributed by atoms with E-state index in [9.17, 15) is 14.4 Å². The maximum absolute atomic E-state index is 10.9. The summed E-state index contributed by atoms with van der Waals surface area (Å²) in [5.41, 5.74) is 0. The van der Waals surface area contributed by atoms with Crippen LogP contribution < -0.4 is 10.6 Å². The molecule has 4 N–H and O–H groups in total. The molecule has 0 aromatic rings. The summed E-state index contributed by atoms with van der Waals surface area (Å²) >= 11 is 0. The Morgan fingerprint density at radius 1 is 1.31 bits per heavy atom. The minimum Gasteiger partial charge on any atom is -0.480 e. The first-order chi connectivity index (χ1) is 5.93. The Hall–Kier alpha value is -1.79. The molecule has 1 unspecified atom stereocenters. The lowest BCUT2D eigenvalue weighted by molar-refractivity contribution is -0.138. The van der Waals surface area contributed by atoms with Crippen LogP contribution in [0.1, 0.15) is 6.92 Å². The van der Waals surface area contributed by atoms with Crippen molar-refractivity contribution in [2.75, 3.05) is 6.54 Å². The molecule has 0 rings (SSSR count). The molecule has 0 saturated heterocycles. The fourth-order valence-electron chi connectivity index (χ4n) is 0.567. The summed E-state index contributed by atoms with van der Waals surface area (Å²) in [4.78, 5) is 30.9. The number of carboxylic acids is 1. The molecule has 0 saturated carbocycles. The Bertz CT molecular complexity index is 227. The van der Waals surface area contributed by atoms with E-state index in [-0.39, 0.29) is 0 Å². The summed E-state index contributed by atoms with van der Waals surface area (Å²) in [5.74, 6) is -1.86. The lowest BCUT2D eigenvalue weighted by Crippen LogP contribution is -2.45. The minimum absolute atomic E-state index is 0.523. The molecule has 0 aromatic heterocycles. The summed E-state index contributed by atoms with van der Waals surface area (Å²) in [6, 6.07) is -0.961. The van der Waals surface area contributed by atoms with Gasteiger partial charge in [-0.25, -0.2) is 4.79 Å². The van der Waals surface area contributed by atoms with Crippen LogP contribution in [0, 0.1) is 0 Å². The molecule has 74 valence electrons. The van der Waals surface area contributed by atoms with Crippen LogP contribution in [0.15, 0.2) is 0 Å². The Kier molecular flexibility index (Phi) is 4.28. The average Bonchev–Trinajstić information content (AvgIpc) is 1.98. The van der Waals surface area contributed by atoms with E-state index < -0.39 is 30.6 Å². The van der Waals surface area contributed by atoms with Crippen molar-refractivity contribution in [2.45, 2.75) is 13.0 Å². The first-order valence-electron chi connectivity index (χ1n) is 3.42. The van der Waals surface area contributed by atoms with Gasteiger partial charge in [0.15, 0.2) is 0 Å². The van der Waals surface area contributed by atoms with Crippen LogP contribution in [0.2, 0.25) is 0 Å². The van der Waals surface area contributed by atoms with E-state index in [4.69, 9.17) is 10.2 Å². The second kappa shape index (κ2) is 4.96. The van der Waals surface area contributed by atoms with Crippen molar-refractivity contribution in [1.29, 1.82) is 0 Å². The molecule has 0 heterocycles. The van der Waals surface area contributed by atoms with E-state index in [2.05, 4.69) is 0 Å². The third-order valence-electron chi connectivity index (χ3n) is 1.15. The summed E-state index contributed by atoms with van der Waals surface area (Å²) in [7, 11) is 0. The zero-order chi connectivity index (χ0) is 10.4. The van der Waals surface area contributed by atoms with Gasteiger partial charge >= 0.3 is 12.1 Å². The highest BCUT2D eigenvalue weighted by atomic mass is 16.4. The molecule has 0 aliphatic heterocycles. The van der Waals surface area contributed by atoms with E-state index in [1.54, 1.807) is 0 Å². The van der Waals surface area contributed by atoms with Crippen LogP contribution in [-0.2, 0) is 9.59 Å². The van der Waals surface area contributed by atoms with E-state index >= 15 is 0 Å². The zero-order valence-corrected chi connectivity index (χ0v) is 6.90. The van der Waals surface area contributed by atoms with Crippen molar-refractivity contribution in [3.63, 3.8) is 0 Å². The molecule has 7 nitrogen and oxygen atoms in total. The van der Waals surface area contributed by atoms with Crippen LogP contribution in [0.5, 0.6) is 0 Å². The van der Waals surface area contributed by atoms with Crippen LogP contribution in [0.3, 0.4) is 0 Å². The number of carboxylic acid groups (broad SMARTS) is 2. The molecular formula is C6H10N2O5. The fourth-order valence-corrected chi connectivity index (χ4v) is 0.567. The monoisotopic (exact) mass is 190 g/mol. The van der Waals surface area contributed by atoms with Gasteiger partial charge in [0.25, 0.3) is 0 Å². The van der Waals surface area contributed by atoms with E-state index in [0.717, 1.165) is 0 Å². The molecule has 7 heteroatoms. The van der Waals surface area contributed by atoms with Crippen molar-refractivity contribution in [1.82, 2.24) is 10.6 Å². The fraction of sp³-hybridized carbons (Fsp3) is 0.500. The van der Waals surface area contributed by atoms with Gasteiger partial charge in [-0.15, -0.1) is 0 Å². The Balaban J connectivity index is 3.82. The molecule has 0 fully saturated rings. The average molecular weight is 190 g/mol. The number of rotatable bonds is 4. The van der Waals surface area contributed by atoms with Gasteiger partial charge in [-0.1, -0.05) is 0 Å². The van der Waals surface area contributed by atoms with Crippen LogP contribution >= 0.6 is 0 Å². The number of hydrogen-bond acceptors (Lipinski definition) is 3. The Labute approximate surface area is 73.7 Å². The molecule has 0 aliphatic rings. The standard InChI is InChI=1S/C6H10N2O5/c1-3(8-6(12)13)5(11)7-2-4(9)10/h3,8H,2H2,1H3,(H,7,11)(H,9,10)(H,12,13). The van der Waals surface area contributed by atoms with Crippen molar-refractivity contribution in [3.8, 4) is 0 Å². The summed E-state index contributed by atoms with van der Waals surface area (Å²) < 4.78 is 0. The van der Waals surface area contributed by atoms with E-state index in [1.165, 1.54) is 6.92 Å². The lowest BCUT2D eigenvalue weighted by Gasteiger charge is -2.09. The van der Waals surface area contributed by atoms with Crippen LogP contribution in [-0.4, -0.2) is 40.8 Å². The zero-order valence-electron chi connectivity index (χ0n) is 6.90.